The second-order valence-corrected chi connectivity index (χ2v) is 3.22. The summed E-state index contributed by atoms with van der Waals surface area (Å²) >= 11 is 0. The first-order chi connectivity index (χ1) is 6.86. The molecular weight excluding hydrogens is 172 g/mol. The summed E-state index contributed by atoms with van der Waals surface area (Å²) < 4.78 is 5.54. The summed E-state index contributed by atoms with van der Waals surface area (Å²) in [5.41, 5.74) is 0.894. The van der Waals surface area contributed by atoms with Gasteiger partial charge in [0.2, 0.25) is 0 Å². The van der Waals surface area contributed by atoms with Gasteiger partial charge in [0.15, 0.2) is 0 Å². The molecule has 0 aliphatic heterocycles. The molecule has 74 valence electrons. The molecule has 0 saturated carbocycles. The van der Waals surface area contributed by atoms with Gasteiger partial charge in [-0.3, -0.25) is 0 Å². The van der Waals surface area contributed by atoms with Crippen molar-refractivity contribution >= 4 is 0 Å². The van der Waals surface area contributed by atoms with Crippen LogP contribution in [0.2, 0.25) is 0 Å². The van der Waals surface area contributed by atoms with Gasteiger partial charge in [-0.1, -0.05) is 25.7 Å². The fourth-order valence-electron chi connectivity index (χ4n) is 1.19. The van der Waals surface area contributed by atoms with Crippen LogP contribution in [-0.4, -0.2) is 6.61 Å². The van der Waals surface area contributed by atoms with Gasteiger partial charge >= 0.3 is 0 Å². The van der Waals surface area contributed by atoms with Crippen molar-refractivity contribution in [3.8, 4) is 18.1 Å². The normalized spacial score (nSPS) is 9.43. The van der Waals surface area contributed by atoms with Crippen LogP contribution in [0.1, 0.15) is 31.7 Å². The molecule has 1 nitrogen and oxygen atoms in total. The van der Waals surface area contributed by atoms with Crippen molar-refractivity contribution in [1.82, 2.24) is 0 Å². The molecule has 0 bridgehead atoms. The van der Waals surface area contributed by atoms with Crippen molar-refractivity contribution in [2.45, 2.75) is 26.2 Å². The van der Waals surface area contributed by atoms with Gasteiger partial charge in [0.1, 0.15) is 5.75 Å². The van der Waals surface area contributed by atoms with Crippen molar-refractivity contribution in [1.29, 1.82) is 0 Å². The molecule has 0 fully saturated rings. The zero-order valence-corrected chi connectivity index (χ0v) is 8.62. The van der Waals surface area contributed by atoms with Crippen LogP contribution in [0.25, 0.3) is 0 Å². The van der Waals surface area contributed by atoms with E-state index < -0.39 is 0 Å². The Kier molecular flexibility index (Phi) is 4.64. The second kappa shape index (κ2) is 6.10. The molecule has 0 saturated heterocycles. The molecule has 0 N–H and O–H groups in total. The molecule has 1 aromatic rings. The van der Waals surface area contributed by atoms with E-state index in [0.29, 0.717) is 0 Å². The number of hydrogen-bond donors (Lipinski definition) is 0. The van der Waals surface area contributed by atoms with Gasteiger partial charge in [0, 0.05) is 5.56 Å². The molecule has 0 atom stereocenters. The molecule has 0 heterocycles. The van der Waals surface area contributed by atoms with E-state index in [1.807, 2.05) is 24.3 Å². The Balaban J connectivity index is 2.33. The first kappa shape index (κ1) is 10.7. The number of terminal acetylenes is 1. The third kappa shape index (κ3) is 3.53. The van der Waals surface area contributed by atoms with Gasteiger partial charge in [0.05, 0.1) is 6.61 Å². The van der Waals surface area contributed by atoms with E-state index in [4.69, 9.17) is 11.2 Å². The molecule has 14 heavy (non-hydrogen) atoms. The Labute approximate surface area is 86.1 Å². The van der Waals surface area contributed by atoms with Gasteiger partial charge in [0.25, 0.3) is 0 Å². The Morgan fingerprint density at radius 1 is 1.21 bits per heavy atom. The van der Waals surface area contributed by atoms with Gasteiger partial charge in [-0.25, -0.2) is 0 Å². The average molecular weight is 188 g/mol. The number of hydrogen-bond acceptors (Lipinski definition) is 1. The number of benzene rings is 1. The summed E-state index contributed by atoms with van der Waals surface area (Å²) in [4.78, 5) is 0. The van der Waals surface area contributed by atoms with Crippen LogP contribution in [0.5, 0.6) is 5.75 Å². The number of rotatable bonds is 5. The Morgan fingerprint density at radius 2 is 1.93 bits per heavy atom. The maximum absolute atomic E-state index is 5.54. The topological polar surface area (TPSA) is 9.23 Å². The summed E-state index contributed by atoms with van der Waals surface area (Å²) in [6.45, 7) is 2.98. The molecule has 0 amide bonds. The lowest BCUT2D eigenvalue weighted by Gasteiger charge is -2.04. The lowest BCUT2D eigenvalue weighted by atomic mass is 10.2. The fraction of sp³-hybridized carbons (Fsp3) is 0.385. The molecule has 0 aromatic heterocycles. The van der Waals surface area contributed by atoms with Crippen molar-refractivity contribution in [3.63, 3.8) is 0 Å². The van der Waals surface area contributed by atoms with Crippen molar-refractivity contribution < 1.29 is 4.74 Å². The summed E-state index contributed by atoms with van der Waals surface area (Å²) in [7, 11) is 0. The third-order valence-electron chi connectivity index (χ3n) is 2.04. The van der Waals surface area contributed by atoms with Crippen LogP contribution in [0, 0.1) is 12.3 Å². The molecular formula is C13H16O. The second-order valence-electron chi connectivity index (χ2n) is 3.22. The highest BCUT2D eigenvalue weighted by atomic mass is 16.5. The van der Waals surface area contributed by atoms with E-state index in [1.54, 1.807) is 0 Å². The van der Waals surface area contributed by atoms with Crippen molar-refractivity contribution in [2.24, 2.45) is 0 Å². The predicted octanol–water partition coefficient (Wildman–Crippen LogP) is 3.24. The minimum Gasteiger partial charge on any atom is -0.494 e. The molecule has 0 aliphatic rings. The van der Waals surface area contributed by atoms with E-state index in [9.17, 15) is 0 Å². The Hall–Kier alpha value is -1.42. The van der Waals surface area contributed by atoms with Crippen LogP contribution in [0.3, 0.4) is 0 Å². The SMILES string of the molecule is C#Cc1ccc(OCCCCC)cc1. The maximum atomic E-state index is 5.54. The first-order valence-electron chi connectivity index (χ1n) is 5.06. The molecule has 0 radical (unpaired) electrons. The monoisotopic (exact) mass is 188 g/mol. The molecule has 1 aromatic carbocycles. The van der Waals surface area contributed by atoms with Crippen LogP contribution in [0.4, 0.5) is 0 Å². The maximum Gasteiger partial charge on any atom is 0.119 e. The van der Waals surface area contributed by atoms with E-state index in [-0.39, 0.29) is 0 Å². The van der Waals surface area contributed by atoms with E-state index in [2.05, 4.69) is 12.8 Å². The van der Waals surface area contributed by atoms with Crippen LogP contribution >= 0.6 is 0 Å². The Morgan fingerprint density at radius 3 is 2.50 bits per heavy atom. The summed E-state index contributed by atoms with van der Waals surface area (Å²) in [6, 6.07) is 7.63. The highest BCUT2D eigenvalue weighted by molar-refractivity contribution is 5.36. The first-order valence-corrected chi connectivity index (χ1v) is 5.06. The van der Waals surface area contributed by atoms with Crippen molar-refractivity contribution in [2.75, 3.05) is 6.61 Å². The largest absolute Gasteiger partial charge is 0.494 e. The Bertz CT molecular complexity index is 292. The lowest BCUT2D eigenvalue weighted by Crippen LogP contribution is -1.96. The highest BCUT2D eigenvalue weighted by Crippen LogP contribution is 2.11. The third-order valence-corrected chi connectivity index (χ3v) is 2.04. The predicted molar refractivity (Wildman–Crippen MR) is 59.4 cm³/mol. The molecule has 0 unspecified atom stereocenters. The van der Waals surface area contributed by atoms with Crippen LogP contribution in [0.15, 0.2) is 24.3 Å². The van der Waals surface area contributed by atoms with Crippen LogP contribution in [-0.2, 0) is 0 Å². The van der Waals surface area contributed by atoms with Gasteiger partial charge < -0.3 is 4.74 Å². The number of ether oxygens (including phenoxy) is 1. The number of unbranched alkanes of at least 4 members (excludes halogenated alkanes) is 2. The molecule has 1 heteroatoms. The van der Waals surface area contributed by atoms with E-state index in [0.717, 1.165) is 24.3 Å². The van der Waals surface area contributed by atoms with Crippen LogP contribution < -0.4 is 4.74 Å². The lowest BCUT2D eigenvalue weighted by molar-refractivity contribution is 0.306. The van der Waals surface area contributed by atoms with E-state index >= 15 is 0 Å². The van der Waals surface area contributed by atoms with Gasteiger partial charge in [-0.05, 0) is 30.7 Å². The van der Waals surface area contributed by atoms with Crippen molar-refractivity contribution in [3.05, 3.63) is 29.8 Å². The smallest absolute Gasteiger partial charge is 0.119 e. The van der Waals surface area contributed by atoms with Gasteiger partial charge in [-0.15, -0.1) is 6.42 Å². The summed E-state index contributed by atoms with van der Waals surface area (Å²) in [6.07, 6.45) is 8.81. The minimum atomic E-state index is 0.795. The molecule has 1 rings (SSSR count). The van der Waals surface area contributed by atoms with E-state index in [1.165, 1.54) is 12.8 Å². The standard InChI is InChI=1S/C13H16O/c1-3-5-6-11-14-13-9-7-12(4-2)8-10-13/h2,7-10H,3,5-6,11H2,1H3. The molecule has 0 aliphatic carbocycles. The summed E-state index contributed by atoms with van der Waals surface area (Å²) in [5.74, 6) is 3.48. The average Bonchev–Trinajstić information content (AvgIpc) is 2.25. The minimum absolute atomic E-state index is 0.795. The highest BCUT2D eigenvalue weighted by Gasteiger charge is 1.93. The summed E-state index contributed by atoms with van der Waals surface area (Å²) in [5, 5.41) is 0. The molecule has 0 spiro atoms. The zero-order chi connectivity index (χ0) is 10.2. The van der Waals surface area contributed by atoms with Gasteiger partial charge in [-0.2, -0.15) is 0 Å². The zero-order valence-electron chi connectivity index (χ0n) is 8.62. The fourth-order valence-corrected chi connectivity index (χ4v) is 1.19. The quantitative estimate of drug-likeness (QED) is 0.509.